The van der Waals surface area contributed by atoms with E-state index >= 15 is 0 Å². The van der Waals surface area contributed by atoms with E-state index < -0.39 is 0 Å². The van der Waals surface area contributed by atoms with Crippen molar-refractivity contribution >= 4 is 11.6 Å². The van der Waals surface area contributed by atoms with Crippen LogP contribution >= 0.6 is 0 Å². The number of methoxy groups -OCH3 is 1. The van der Waals surface area contributed by atoms with Crippen molar-refractivity contribution < 1.29 is 9.53 Å². The molecule has 0 aliphatic carbocycles. The summed E-state index contributed by atoms with van der Waals surface area (Å²) in [6, 6.07) is 7.73. The highest BCUT2D eigenvalue weighted by atomic mass is 16.5. The number of nitrogens with zero attached hydrogens (tertiary/aromatic N) is 2. The Kier molecular flexibility index (Phi) is 4.04. The third-order valence-corrected chi connectivity index (χ3v) is 3.06. The zero-order valence-corrected chi connectivity index (χ0v) is 10.6. The molecule has 0 spiro atoms. The molecular formula is C13H19N3O2. The van der Waals surface area contributed by atoms with Gasteiger partial charge >= 0.3 is 0 Å². The Morgan fingerprint density at radius 2 is 2.06 bits per heavy atom. The molecule has 1 heterocycles. The van der Waals surface area contributed by atoms with Crippen molar-refractivity contribution in [2.45, 2.75) is 12.8 Å². The van der Waals surface area contributed by atoms with Gasteiger partial charge in [0, 0.05) is 19.5 Å². The van der Waals surface area contributed by atoms with E-state index in [1.807, 2.05) is 29.3 Å². The van der Waals surface area contributed by atoms with E-state index in [1.54, 1.807) is 12.1 Å². The first-order chi connectivity index (χ1) is 8.76. The van der Waals surface area contributed by atoms with Crippen molar-refractivity contribution in [3.8, 4) is 5.75 Å². The normalized spacial score (nSPS) is 15.3. The average molecular weight is 249 g/mol. The van der Waals surface area contributed by atoms with Crippen molar-refractivity contribution in [3.63, 3.8) is 0 Å². The number of carbonyl (C=O) groups is 1. The summed E-state index contributed by atoms with van der Waals surface area (Å²) in [4.78, 5) is 11.8. The number of hydrogen-bond donors (Lipinski definition) is 1. The van der Waals surface area contributed by atoms with Crippen LogP contribution in [-0.4, -0.2) is 37.7 Å². The van der Waals surface area contributed by atoms with Gasteiger partial charge in [-0.05, 0) is 37.2 Å². The predicted molar refractivity (Wildman–Crippen MR) is 70.3 cm³/mol. The number of hydrazine groups is 1. The van der Waals surface area contributed by atoms with Crippen LogP contribution < -0.4 is 15.5 Å². The van der Waals surface area contributed by atoms with Crippen LogP contribution in [0.3, 0.4) is 0 Å². The second-order valence-electron chi connectivity index (χ2n) is 4.23. The highest BCUT2D eigenvalue weighted by molar-refractivity contribution is 5.81. The standard InChI is InChI=1S/C13H19N3O2/c1-18-12-5-3-11(4-6-12)15-10-7-13(17)16(15)9-2-8-14/h3-6H,2,7-10,14H2,1H3. The van der Waals surface area contributed by atoms with Gasteiger partial charge in [0.05, 0.1) is 12.8 Å². The molecule has 1 aliphatic rings. The Labute approximate surface area is 107 Å². The Balaban J connectivity index is 2.12. The molecule has 98 valence electrons. The van der Waals surface area contributed by atoms with E-state index in [1.165, 1.54) is 0 Å². The topological polar surface area (TPSA) is 58.8 Å². The molecule has 1 saturated heterocycles. The summed E-state index contributed by atoms with van der Waals surface area (Å²) in [5.74, 6) is 0.983. The van der Waals surface area contributed by atoms with Crippen LogP contribution in [0, 0.1) is 0 Å². The van der Waals surface area contributed by atoms with Crippen molar-refractivity contribution in [1.82, 2.24) is 5.01 Å². The quantitative estimate of drug-likeness (QED) is 0.845. The fourth-order valence-corrected chi connectivity index (χ4v) is 2.10. The summed E-state index contributed by atoms with van der Waals surface area (Å²) >= 11 is 0. The van der Waals surface area contributed by atoms with Crippen molar-refractivity contribution in [1.29, 1.82) is 0 Å². The maximum Gasteiger partial charge on any atom is 0.242 e. The highest BCUT2D eigenvalue weighted by Gasteiger charge is 2.28. The van der Waals surface area contributed by atoms with Gasteiger partial charge in [0.15, 0.2) is 0 Å². The fourth-order valence-electron chi connectivity index (χ4n) is 2.10. The lowest BCUT2D eigenvalue weighted by Crippen LogP contribution is -2.40. The maximum atomic E-state index is 11.8. The SMILES string of the molecule is COc1ccc(N2CCC(=O)N2CCCN)cc1. The molecule has 0 unspecified atom stereocenters. The molecule has 18 heavy (non-hydrogen) atoms. The van der Waals surface area contributed by atoms with Crippen LogP contribution in [0.4, 0.5) is 5.69 Å². The molecule has 1 aromatic rings. The smallest absolute Gasteiger partial charge is 0.242 e. The minimum atomic E-state index is 0.166. The number of hydrogen-bond acceptors (Lipinski definition) is 4. The third-order valence-electron chi connectivity index (χ3n) is 3.06. The van der Waals surface area contributed by atoms with E-state index in [0.29, 0.717) is 19.5 Å². The molecule has 0 aromatic heterocycles. The molecular weight excluding hydrogens is 230 g/mol. The minimum absolute atomic E-state index is 0.166. The number of ether oxygens (including phenoxy) is 1. The van der Waals surface area contributed by atoms with Crippen molar-refractivity contribution in [2.75, 3.05) is 31.8 Å². The van der Waals surface area contributed by atoms with Crippen LogP contribution in [0.5, 0.6) is 5.75 Å². The largest absolute Gasteiger partial charge is 0.497 e. The van der Waals surface area contributed by atoms with Crippen LogP contribution in [0.15, 0.2) is 24.3 Å². The number of benzene rings is 1. The second kappa shape index (κ2) is 5.73. The van der Waals surface area contributed by atoms with Gasteiger partial charge < -0.3 is 10.5 Å². The molecule has 0 saturated carbocycles. The maximum absolute atomic E-state index is 11.8. The third kappa shape index (κ3) is 2.56. The highest BCUT2D eigenvalue weighted by Crippen LogP contribution is 2.24. The molecule has 5 heteroatoms. The van der Waals surface area contributed by atoms with Crippen LogP contribution in [0.1, 0.15) is 12.8 Å². The molecule has 1 fully saturated rings. The number of amides is 1. The predicted octanol–water partition coefficient (Wildman–Crippen LogP) is 0.998. The number of anilines is 1. The van der Waals surface area contributed by atoms with Gasteiger partial charge in [-0.1, -0.05) is 0 Å². The van der Waals surface area contributed by atoms with Crippen molar-refractivity contribution in [2.24, 2.45) is 5.73 Å². The summed E-state index contributed by atoms with van der Waals surface area (Å²) in [5.41, 5.74) is 6.51. The molecule has 2 N–H and O–H groups in total. The molecule has 0 radical (unpaired) electrons. The molecule has 1 aliphatic heterocycles. The molecule has 5 nitrogen and oxygen atoms in total. The van der Waals surface area contributed by atoms with Crippen LogP contribution in [-0.2, 0) is 4.79 Å². The van der Waals surface area contributed by atoms with E-state index in [9.17, 15) is 4.79 Å². The number of rotatable bonds is 5. The lowest BCUT2D eigenvalue weighted by Gasteiger charge is -2.29. The van der Waals surface area contributed by atoms with E-state index in [-0.39, 0.29) is 5.91 Å². The summed E-state index contributed by atoms with van der Waals surface area (Å²) in [7, 11) is 1.64. The number of carbonyl (C=O) groups excluding carboxylic acids is 1. The Morgan fingerprint density at radius 3 is 2.67 bits per heavy atom. The Bertz CT molecular complexity index is 405. The first-order valence-electron chi connectivity index (χ1n) is 6.18. The van der Waals surface area contributed by atoms with Gasteiger partial charge in [-0.15, -0.1) is 0 Å². The van der Waals surface area contributed by atoms with Crippen LogP contribution in [0.25, 0.3) is 0 Å². The molecule has 1 aromatic carbocycles. The lowest BCUT2D eigenvalue weighted by molar-refractivity contribution is -0.128. The van der Waals surface area contributed by atoms with Gasteiger partial charge in [0.2, 0.25) is 5.91 Å². The van der Waals surface area contributed by atoms with E-state index in [2.05, 4.69) is 0 Å². The van der Waals surface area contributed by atoms with Crippen LogP contribution in [0.2, 0.25) is 0 Å². The van der Waals surface area contributed by atoms with E-state index in [0.717, 1.165) is 24.4 Å². The summed E-state index contributed by atoms with van der Waals surface area (Å²) in [5, 5.41) is 3.80. The van der Waals surface area contributed by atoms with Gasteiger partial charge in [0.1, 0.15) is 5.75 Å². The molecule has 0 bridgehead atoms. The van der Waals surface area contributed by atoms with Gasteiger partial charge in [0.25, 0.3) is 0 Å². The van der Waals surface area contributed by atoms with Gasteiger partial charge in [-0.2, -0.15) is 0 Å². The first-order valence-corrected chi connectivity index (χ1v) is 6.18. The molecule has 1 amide bonds. The monoisotopic (exact) mass is 249 g/mol. The first kappa shape index (κ1) is 12.7. The summed E-state index contributed by atoms with van der Waals surface area (Å²) in [6.07, 6.45) is 1.38. The van der Waals surface area contributed by atoms with Crippen molar-refractivity contribution in [3.05, 3.63) is 24.3 Å². The Hall–Kier alpha value is -1.75. The minimum Gasteiger partial charge on any atom is -0.497 e. The Morgan fingerprint density at radius 1 is 1.33 bits per heavy atom. The number of nitrogens with two attached hydrogens (primary N) is 1. The fraction of sp³-hybridized carbons (Fsp3) is 0.462. The summed E-state index contributed by atoms with van der Waals surface area (Å²) in [6.45, 7) is 2.01. The van der Waals surface area contributed by atoms with Gasteiger partial charge in [-0.3, -0.25) is 14.8 Å². The van der Waals surface area contributed by atoms with E-state index in [4.69, 9.17) is 10.5 Å². The lowest BCUT2D eigenvalue weighted by atomic mass is 10.3. The second-order valence-corrected chi connectivity index (χ2v) is 4.23. The zero-order valence-electron chi connectivity index (χ0n) is 10.6. The molecule has 2 rings (SSSR count). The zero-order chi connectivity index (χ0) is 13.0. The molecule has 0 atom stereocenters. The summed E-state index contributed by atoms with van der Waals surface area (Å²) < 4.78 is 5.13. The van der Waals surface area contributed by atoms with Gasteiger partial charge in [-0.25, -0.2) is 0 Å². The average Bonchev–Trinajstić information content (AvgIpc) is 2.78.